The van der Waals surface area contributed by atoms with Gasteiger partial charge >= 0.3 is 6.18 Å². The largest absolute Gasteiger partial charge is 0.395 e. The molecule has 1 N–H and O–H groups in total. The Morgan fingerprint density at radius 2 is 2.03 bits per heavy atom. The lowest BCUT2D eigenvalue weighted by molar-refractivity contribution is -0.167. The van der Waals surface area contributed by atoms with Crippen LogP contribution in [0.4, 0.5) is 13.2 Å². The van der Waals surface area contributed by atoms with Crippen LogP contribution in [0, 0.1) is 11.8 Å². The molecule has 1 rings (SSSR count). The molecule has 1 aliphatic carbocycles. The first-order valence-corrected chi connectivity index (χ1v) is 11.6. The normalized spacial score (nSPS) is 22.1. The molecule has 0 aromatic rings. The lowest BCUT2D eigenvalue weighted by Crippen LogP contribution is -2.30. The van der Waals surface area contributed by atoms with Crippen molar-refractivity contribution in [3.63, 3.8) is 0 Å². The van der Waals surface area contributed by atoms with Gasteiger partial charge in [-0.2, -0.15) is 13.2 Å². The van der Waals surface area contributed by atoms with Gasteiger partial charge in [-0.1, -0.05) is 62.2 Å². The van der Waals surface area contributed by atoms with Crippen molar-refractivity contribution >= 4 is 28.3 Å². The maximum absolute atomic E-state index is 13.3. The molecule has 1 aliphatic rings. The highest BCUT2D eigenvalue weighted by molar-refractivity contribution is 7.85. The summed E-state index contributed by atoms with van der Waals surface area (Å²) in [4.78, 5) is 12.4. The number of carbonyl (C=O) groups excluding carboxylic acids is 1. The molecule has 0 fully saturated rings. The van der Waals surface area contributed by atoms with E-state index in [0.29, 0.717) is 47.1 Å². The summed E-state index contributed by atoms with van der Waals surface area (Å²) in [5, 5.41) is 3.23. The summed E-state index contributed by atoms with van der Waals surface area (Å²) < 4.78 is 51.3. The van der Waals surface area contributed by atoms with Crippen molar-refractivity contribution in [2.75, 3.05) is 18.1 Å². The molecular weight excluding hydrogens is 423 g/mol. The second-order valence-corrected chi connectivity index (χ2v) is 9.11. The van der Waals surface area contributed by atoms with Crippen molar-refractivity contribution in [1.82, 2.24) is 5.32 Å². The van der Waals surface area contributed by atoms with Crippen LogP contribution in [-0.4, -0.2) is 34.3 Å². The SMILES string of the molecule is CCC1=CC=C(C(=O)NCC/C=C(Cl)\C=C/CS(=O)CC)C(C)CC1C(F)(F)F. The van der Waals surface area contributed by atoms with Crippen molar-refractivity contribution < 1.29 is 22.2 Å². The van der Waals surface area contributed by atoms with E-state index in [4.69, 9.17) is 11.6 Å². The lowest BCUT2D eigenvalue weighted by Gasteiger charge is -2.24. The van der Waals surface area contributed by atoms with E-state index in [1.54, 1.807) is 32.1 Å². The topological polar surface area (TPSA) is 46.2 Å². The molecule has 0 aromatic carbocycles. The summed E-state index contributed by atoms with van der Waals surface area (Å²) in [6.07, 6.45) is 4.44. The molecule has 0 heterocycles. The standard InChI is InChI=1S/C21H29ClF3NO2S/c1-4-16-10-11-18(15(3)14-19(16)21(23,24)25)20(27)26-12-6-8-17(22)9-7-13-29(28)5-2/h7-11,15,19H,4-6,12-14H2,1-3H3,(H,26,27)/b9-7-,17-8+. The van der Waals surface area contributed by atoms with E-state index in [1.165, 1.54) is 12.2 Å². The third-order valence-corrected chi connectivity index (χ3v) is 6.25. The Kier molecular flexibility index (Phi) is 11.0. The molecule has 0 aromatic heterocycles. The van der Waals surface area contributed by atoms with E-state index in [2.05, 4.69) is 5.32 Å². The second kappa shape index (κ2) is 12.4. The van der Waals surface area contributed by atoms with Gasteiger partial charge in [0.2, 0.25) is 5.91 Å². The molecule has 0 radical (unpaired) electrons. The molecule has 3 nitrogen and oxygen atoms in total. The van der Waals surface area contributed by atoms with Gasteiger partial charge in [-0.05, 0) is 31.3 Å². The first-order valence-electron chi connectivity index (χ1n) is 9.72. The molecule has 29 heavy (non-hydrogen) atoms. The molecule has 0 aliphatic heterocycles. The number of alkyl halides is 3. The number of hydrogen-bond acceptors (Lipinski definition) is 2. The van der Waals surface area contributed by atoms with Gasteiger partial charge in [-0.25, -0.2) is 0 Å². The first kappa shape index (κ1) is 25.7. The molecule has 164 valence electrons. The highest BCUT2D eigenvalue weighted by atomic mass is 35.5. The molecule has 0 saturated carbocycles. The van der Waals surface area contributed by atoms with Crippen LogP contribution in [0.25, 0.3) is 0 Å². The van der Waals surface area contributed by atoms with Gasteiger partial charge in [0.15, 0.2) is 0 Å². The Morgan fingerprint density at radius 1 is 1.34 bits per heavy atom. The molecule has 3 atom stereocenters. The maximum Gasteiger partial charge on any atom is 0.395 e. The minimum absolute atomic E-state index is 0.127. The smallest absolute Gasteiger partial charge is 0.352 e. The van der Waals surface area contributed by atoms with Crippen LogP contribution in [0.2, 0.25) is 0 Å². The van der Waals surface area contributed by atoms with Crippen molar-refractivity contribution in [1.29, 1.82) is 0 Å². The number of rotatable bonds is 9. The number of carbonyl (C=O) groups is 1. The number of amides is 1. The summed E-state index contributed by atoms with van der Waals surface area (Å²) in [7, 11) is -0.888. The van der Waals surface area contributed by atoms with E-state index < -0.39 is 28.8 Å². The van der Waals surface area contributed by atoms with Gasteiger partial charge in [-0.15, -0.1) is 0 Å². The van der Waals surface area contributed by atoms with Crippen molar-refractivity contribution in [3.05, 3.63) is 46.6 Å². The molecule has 3 unspecified atom stereocenters. The fourth-order valence-electron chi connectivity index (χ4n) is 3.07. The Hall–Kier alpha value is -1.34. The third kappa shape index (κ3) is 8.91. The number of hydrogen-bond donors (Lipinski definition) is 1. The zero-order valence-corrected chi connectivity index (χ0v) is 18.6. The summed E-state index contributed by atoms with van der Waals surface area (Å²) in [6, 6.07) is 0. The van der Waals surface area contributed by atoms with Crippen LogP contribution in [0.15, 0.2) is 46.6 Å². The number of nitrogens with one attached hydrogen (secondary N) is 1. The van der Waals surface area contributed by atoms with Crippen LogP contribution in [0.5, 0.6) is 0 Å². The van der Waals surface area contributed by atoms with E-state index in [1.807, 2.05) is 6.92 Å². The minimum Gasteiger partial charge on any atom is -0.352 e. The molecule has 1 amide bonds. The van der Waals surface area contributed by atoms with E-state index in [-0.39, 0.29) is 12.3 Å². The summed E-state index contributed by atoms with van der Waals surface area (Å²) in [5.41, 5.74) is 0.664. The zero-order chi connectivity index (χ0) is 22.0. The van der Waals surface area contributed by atoms with Crippen LogP contribution in [0.3, 0.4) is 0 Å². The molecule has 0 saturated heterocycles. The summed E-state index contributed by atoms with van der Waals surface area (Å²) in [5.74, 6) is -1.34. The summed E-state index contributed by atoms with van der Waals surface area (Å²) >= 11 is 6.04. The lowest BCUT2D eigenvalue weighted by atomic mass is 9.86. The second-order valence-electron chi connectivity index (χ2n) is 6.88. The van der Waals surface area contributed by atoms with Crippen molar-refractivity contribution in [2.45, 2.75) is 46.2 Å². The highest BCUT2D eigenvalue weighted by Gasteiger charge is 2.43. The Balaban J connectivity index is 2.62. The average molecular weight is 452 g/mol. The molecule has 0 spiro atoms. The van der Waals surface area contributed by atoms with Crippen molar-refractivity contribution in [3.8, 4) is 0 Å². The minimum atomic E-state index is -4.31. The molecular formula is C21H29ClF3NO2S. The quantitative estimate of drug-likeness (QED) is 0.375. The van der Waals surface area contributed by atoms with Crippen LogP contribution < -0.4 is 5.32 Å². The van der Waals surface area contributed by atoms with E-state index >= 15 is 0 Å². The monoisotopic (exact) mass is 451 g/mol. The fourth-order valence-corrected chi connectivity index (χ4v) is 3.81. The van der Waals surface area contributed by atoms with Gasteiger partial charge in [-0.3, -0.25) is 9.00 Å². The Bertz CT molecular complexity index is 711. The van der Waals surface area contributed by atoms with Crippen LogP contribution >= 0.6 is 11.6 Å². The predicted octanol–water partition coefficient (Wildman–Crippen LogP) is 5.42. The zero-order valence-electron chi connectivity index (χ0n) is 17.0. The van der Waals surface area contributed by atoms with Gasteiger partial charge in [0.05, 0.1) is 5.92 Å². The Labute approximate surface area is 178 Å². The molecule has 0 bridgehead atoms. The van der Waals surface area contributed by atoms with Gasteiger partial charge in [0, 0.05) is 39.5 Å². The highest BCUT2D eigenvalue weighted by Crippen LogP contribution is 2.40. The predicted molar refractivity (Wildman–Crippen MR) is 114 cm³/mol. The molecule has 8 heteroatoms. The third-order valence-electron chi connectivity index (χ3n) is 4.76. The van der Waals surface area contributed by atoms with Gasteiger partial charge < -0.3 is 5.32 Å². The van der Waals surface area contributed by atoms with E-state index in [9.17, 15) is 22.2 Å². The number of allylic oxidation sites excluding steroid dienone is 5. The number of halogens is 4. The summed E-state index contributed by atoms with van der Waals surface area (Å²) in [6.45, 7) is 5.51. The first-order chi connectivity index (χ1) is 13.6. The van der Waals surface area contributed by atoms with E-state index in [0.717, 1.165) is 0 Å². The average Bonchev–Trinajstić information content (AvgIpc) is 2.83. The maximum atomic E-state index is 13.3. The fraction of sp³-hybridized carbons (Fsp3) is 0.571. The van der Waals surface area contributed by atoms with Crippen LogP contribution in [0.1, 0.15) is 40.0 Å². The van der Waals surface area contributed by atoms with Gasteiger partial charge in [0.25, 0.3) is 0 Å². The van der Waals surface area contributed by atoms with Crippen LogP contribution in [-0.2, 0) is 15.6 Å². The van der Waals surface area contributed by atoms with Gasteiger partial charge in [0.1, 0.15) is 0 Å². The Morgan fingerprint density at radius 3 is 2.62 bits per heavy atom. The van der Waals surface area contributed by atoms with Crippen molar-refractivity contribution in [2.24, 2.45) is 11.8 Å².